The number of thioether (sulfide) groups is 1. The summed E-state index contributed by atoms with van der Waals surface area (Å²) in [6, 6.07) is 0. The minimum atomic E-state index is 0.291. The van der Waals surface area contributed by atoms with Crippen molar-refractivity contribution in [1.82, 2.24) is 9.97 Å². The van der Waals surface area contributed by atoms with Crippen LogP contribution in [-0.2, 0) is 4.79 Å². The standard InChI is InChI=1S/C8H12N2OS/c1-2-3-7(11)6-12-8-9-4-5-10-8/h4-5H,2-3,6H2,1H3,(H,9,10). The second kappa shape index (κ2) is 4.98. The number of carbonyl (C=O) groups excluding carboxylic acids is 1. The number of hydrogen-bond donors (Lipinski definition) is 1. The summed E-state index contributed by atoms with van der Waals surface area (Å²) in [7, 11) is 0. The van der Waals surface area contributed by atoms with Gasteiger partial charge in [-0.25, -0.2) is 4.98 Å². The molecule has 0 atom stereocenters. The molecule has 4 heteroatoms. The van der Waals surface area contributed by atoms with E-state index >= 15 is 0 Å². The third-order valence-electron chi connectivity index (χ3n) is 1.37. The number of nitrogens with zero attached hydrogens (tertiary/aromatic N) is 1. The number of aromatic nitrogens is 2. The molecule has 0 unspecified atom stereocenters. The van der Waals surface area contributed by atoms with Crippen LogP contribution in [0.15, 0.2) is 17.6 Å². The van der Waals surface area contributed by atoms with Gasteiger partial charge in [-0.15, -0.1) is 0 Å². The summed E-state index contributed by atoms with van der Waals surface area (Å²) in [6.07, 6.45) is 5.05. The molecule has 0 amide bonds. The van der Waals surface area contributed by atoms with Gasteiger partial charge in [0.1, 0.15) is 5.78 Å². The first-order chi connectivity index (χ1) is 5.83. The molecule has 0 spiro atoms. The highest BCUT2D eigenvalue weighted by Gasteiger charge is 2.02. The fourth-order valence-electron chi connectivity index (χ4n) is 0.830. The van der Waals surface area contributed by atoms with Crippen molar-refractivity contribution in [2.75, 3.05) is 5.75 Å². The molecule has 1 rings (SSSR count). The smallest absolute Gasteiger partial charge is 0.165 e. The highest BCUT2D eigenvalue weighted by Crippen LogP contribution is 2.12. The molecule has 0 aromatic carbocycles. The molecule has 1 N–H and O–H groups in total. The van der Waals surface area contributed by atoms with Gasteiger partial charge < -0.3 is 4.98 Å². The number of carbonyl (C=O) groups is 1. The van der Waals surface area contributed by atoms with Gasteiger partial charge in [-0.3, -0.25) is 4.79 Å². The molecule has 0 aliphatic carbocycles. The largest absolute Gasteiger partial charge is 0.340 e. The van der Waals surface area contributed by atoms with Crippen LogP contribution < -0.4 is 0 Å². The van der Waals surface area contributed by atoms with Gasteiger partial charge >= 0.3 is 0 Å². The summed E-state index contributed by atoms with van der Waals surface area (Å²) in [4.78, 5) is 18.0. The van der Waals surface area contributed by atoms with Crippen LogP contribution in [0.2, 0.25) is 0 Å². The van der Waals surface area contributed by atoms with Crippen LogP contribution in [0.5, 0.6) is 0 Å². The number of imidazole rings is 1. The Balaban J connectivity index is 2.22. The third-order valence-corrected chi connectivity index (χ3v) is 2.33. The van der Waals surface area contributed by atoms with E-state index in [1.807, 2.05) is 6.92 Å². The van der Waals surface area contributed by atoms with Crippen molar-refractivity contribution in [3.8, 4) is 0 Å². The predicted molar refractivity (Wildman–Crippen MR) is 49.2 cm³/mol. The Labute approximate surface area is 76.0 Å². The third kappa shape index (κ3) is 3.09. The van der Waals surface area contributed by atoms with Gasteiger partial charge in [0, 0.05) is 18.8 Å². The van der Waals surface area contributed by atoms with Gasteiger partial charge in [0.05, 0.1) is 5.75 Å². The molecule has 0 saturated heterocycles. The zero-order chi connectivity index (χ0) is 8.81. The molecule has 0 saturated carbocycles. The van der Waals surface area contributed by atoms with E-state index in [4.69, 9.17) is 0 Å². The summed E-state index contributed by atoms with van der Waals surface area (Å²) in [5.41, 5.74) is 0. The van der Waals surface area contributed by atoms with Gasteiger partial charge in [-0.05, 0) is 6.42 Å². The highest BCUT2D eigenvalue weighted by molar-refractivity contribution is 7.99. The van der Waals surface area contributed by atoms with Crippen molar-refractivity contribution < 1.29 is 4.79 Å². The second-order valence-electron chi connectivity index (χ2n) is 2.47. The lowest BCUT2D eigenvalue weighted by molar-refractivity contribution is -0.116. The number of hydrogen-bond acceptors (Lipinski definition) is 3. The zero-order valence-corrected chi connectivity index (χ0v) is 7.86. The number of nitrogens with one attached hydrogen (secondary N) is 1. The van der Waals surface area contributed by atoms with E-state index < -0.39 is 0 Å². The Morgan fingerprint density at radius 2 is 2.58 bits per heavy atom. The molecule has 1 aromatic heterocycles. The SMILES string of the molecule is CCCC(=O)CSc1ncc[nH]1. The Morgan fingerprint density at radius 1 is 1.75 bits per heavy atom. The van der Waals surface area contributed by atoms with Crippen LogP contribution in [0.1, 0.15) is 19.8 Å². The topological polar surface area (TPSA) is 45.8 Å². The van der Waals surface area contributed by atoms with E-state index in [-0.39, 0.29) is 0 Å². The minimum absolute atomic E-state index is 0.291. The number of ketones is 1. The maximum atomic E-state index is 11.1. The number of H-pyrrole nitrogens is 1. The van der Waals surface area contributed by atoms with Crippen LogP contribution in [0.4, 0.5) is 0 Å². The summed E-state index contributed by atoms with van der Waals surface area (Å²) >= 11 is 1.46. The molecular formula is C8H12N2OS. The first-order valence-corrected chi connectivity index (χ1v) is 4.95. The molecule has 66 valence electrons. The van der Waals surface area contributed by atoms with Crippen molar-refractivity contribution in [3.05, 3.63) is 12.4 Å². The van der Waals surface area contributed by atoms with E-state index in [0.29, 0.717) is 18.0 Å². The lowest BCUT2D eigenvalue weighted by Crippen LogP contribution is -1.99. The van der Waals surface area contributed by atoms with Crippen molar-refractivity contribution in [3.63, 3.8) is 0 Å². The molecule has 0 bridgehead atoms. The molecular weight excluding hydrogens is 172 g/mol. The van der Waals surface area contributed by atoms with E-state index in [1.54, 1.807) is 12.4 Å². The van der Waals surface area contributed by atoms with Crippen LogP contribution in [0.25, 0.3) is 0 Å². The number of aromatic amines is 1. The van der Waals surface area contributed by atoms with Crippen LogP contribution in [-0.4, -0.2) is 21.5 Å². The number of Topliss-reactive ketones (excluding diaryl/α,β-unsaturated/α-hetero) is 1. The van der Waals surface area contributed by atoms with Gasteiger partial charge in [0.2, 0.25) is 0 Å². The van der Waals surface area contributed by atoms with Gasteiger partial charge in [0.25, 0.3) is 0 Å². The van der Waals surface area contributed by atoms with Gasteiger partial charge in [0.15, 0.2) is 5.16 Å². The zero-order valence-electron chi connectivity index (χ0n) is 7.04. The molecule has 0 aliphatic rings. The number of rotatable bonds is 5. The quantitative estimate of drug-likeness (QED) is 0.710. The monoisotopic (exact) mass is 184 g/mol. The van der Waals surface area contributed by atoms with Gasteiger partial charge in [-0.2, -0.15) is 0 Å². The summed E-state index contributed by atoms with van der Waals surface area (Å²) in [5, 5.41) is 0.819. The Kier molecular flexibility index (Phi) is 3.87. The van der Waals surface area contributed by atoms with Crippen molar-refractivity contribution >= 4 is 17.5 Å². The Hall–Kier alpha value is -0.770. The molecule has 1 aromatic rings. The predicted octanol–water partition coefficient (Wildman–Crippen LogP) is 1.87. The maximum Gasteiger partial charge on any atom is 0.165 e. The average molecular weight is 184 g/mol. The first kappa shape index (κ1) is 9.32. The van der Waals surface area contributed by atoms with Crippen molar-refractivity contribution in [2.24, 2.45) is 0 Å². The van der Waals surface area contributed by atoms with Crippen LogP contribution in [0, 0.1) is 0 Å². The lowest BCUT2D eigenvalue weighted by Gasteiger charge is -1.95. The molecule has 0 radical (unpaired) electrons. The van der Waals surface area contributed by atoms with Crippen LogP contribution >= 0.6 is 11.8 Å². The summed E-state index contributed by atoms with van der Waals surface area (Å²) in [5.74, 6) is 0.820. The average Bonchev–Trinajstić information content (AvgIpc) is 2.53. The van der Waals surface area contributed by atoms with E-state index in [2.05, 4.69) is 9.97 Å². The normalized spacial score (nSPS) is 10.1. The van der Waals surface area contributed by atoms with E-state index in [0.717, 1.165) is 11.6 Å². The maximum absolute atomic E-state index is 11.1. The molecule has 1 heterocycles. The highest BCUT2D eigenvalue weighted by atomic mass is 32.2. The Bertz CT molecular complexity index is 233. The van der Waals surface area contributed by atoms with E-state index in [1.165, 1.54) is 11.8 Å². The summed E-state index contributed by atoms with van der Waals surface area (Å²) < 4.78 is 0. The summed E-state index contributed by atoms with van der Waals surface area (Å²) in [6.45, 7) is 2.01. The molecule has 12 heavy (non-hydrogen) atoms. The fraction of sp³-hybridized carbons (Fsp3) is 0.500. The molecule has 3 nitrogen and oxygen atoms in total. The van der Waals surface area contributed by atoms with E-state index in [9.17, 15) is 4.79 Å². The van der Waals surface area contributed by atoms with Crippen molar-refractivity contribution in [2.45, 2.75) is 24.9 Å². The van der Waals surface area contributed by atoms with Gasteiger partial charge in [-0.1, -0.05) is 18.7 Å². The second-order valence-corrected chi connectivity index (χ2v) is 3.44. The first-order valence-electron chi connectivity index (χ1n) is 3.96. The Morgan fingerprint density at radius 3 is 3.17 bits per heavy atom. The molecule has 0 fully saturated rings. The fourth-order valence-corrected chi connectivity index (χ4v) is 1.56. The van der Waals surface area contributed by atoms with Crippen molar-refractivity contribution in [1.29, 1.82) is 0 Å². The molecule has 0 aliphatic heterocycles. The minimum Gasteiger partial charge on any atom is -0.340 e. The van der Waals surface area contributed by atoms with Crippen LogP contribution in [0.3, 0.4) is 0 Å². The lowest BCUT2D eigenvalue weighted by atomic mass is 10.3.